The molecule has 0 aromatic heterocycles. The normalized spacial score (nSPS) is 32.4. The van der Waals surface area contributed by atoms with Crippen molar-refractivity contribution in [1.82, 2.24) is 10.2 Å². The van der Waals surface area contributed by atoms with Gasteiger partial charge >= 0.3 is 0 Å². The largest absolute Gasteiger partial charge is 0.310 e. The second-order valence-corrected chi connectivity index (χ2v) is 8.09. The molecule has 0 spiro atoms. The van der Waals surface area contributed by atoms with E-state index in [1.54, 1.807) is 0 Å². The van der Waals surface area contributed by atoms with E-state index in [9.17, 15) is 0 Å². The van der Waals surface area contributed by atoms with Gasteiger partial charge in [-0.05, 0) is 50.5 Å². The van der Waals surface area contributed by atoms with Gasteiger partial charge in [0.05, 0.1) is 0 Å². The molecule has 2 unspecified atom stereocenters. The molecule has 3 aliphatic rings. The van der Waals surface area contributed by atoms with Crippen molar-refractivity contribution in [3.8, 4) is 0 Å². The Kier molecular flexibility index (Phi) is 5.99. The molecule has 3 rings (SSSR count). The van der Waals surface area contributed by atoms with E-state index >= 15 is 0 Å². The number of unbranched alkanes of at least 4 members (excludes halogenated alkanes) is 1. The van der Waals surface area contributed by atoms with Crippen molar-refractivity contribution >= 4 is 0 Å². The first-order chi connectivity index (χ1) is 10.3. The first kappa shape index (κ1) is 15.8. The lowest BCUT2D eigenvalue weighted by Crippen LogP contribution is -2.52. The van der Waals surface area contributed by atoms with E-state index in [4.69, 9.17) is 0 Å². The van der Waals surface area contributed by atoms with Crippen LogP contribution in [0.25, 0.3) is 0 Å². The second kappa shape index (κ2) is 7.97. The summed E-state index contributed by atoms with van der Waals surface area (Å²) in [6.07, 6.45) is 16.0. The van der Waals surface area contributed by atoms with E-state index in [1.807, 2.05) is 0 Å². The monoisotopic (exact) mass is 292 g/mol. The fourth-order valence-corrected chi connectivity index (χ4v) is 4.59. The van der Waals surface area contributed by atoms with E-state index in [0.717, 1.165) is 23.9 Å². The molecule has 0 aromatic carbocycles. The minimum atomic E-state index is 0.780. The topological polar surface area (TPSA) is 15.3 Å². The predicted octanol–water partition coefficient (Wildman–Crippen LogP) is 4.20. The average molecular weight is 293 g/mol. The minimum Gasteiger partial charge on any atom is -0.310 e. The molecule has 21 heavy (non-hydrogen) atoms. The molecule has 122 valence electrons. The molecular formula is C19H36N2. The Hall–Kier alpha value is -0.0800. The van der Waals surface area contributed by atoms with E-state index in [0.29, 0.717) is 0 Å². The van der Waals surface area contributed by atoms with Gasteiger partial charge in [-0.1, -0.05) is 45.4 Å². The van der Waals surface area contributed by atoms with Crippen LogP contribution in [0.15, 0.2) is 0 Å². The zero-order valence-corrected chi connectivity index (χ0v) is 14.2. The Labute approximate surface area is 132 Å². The van der Waals surface area contributed by atoms with Crippen LogP contribution < -0.4 is 5.32 Å². The van der Waals surface area contributed by atoms with Crippen LogP contribution in [-0.4, -0.2) is 36.6 Å². The van der Waals surface area contributed by atoms with E-state index in [1.165, 1.54) is 90.3 Å². The summed E-state index contributed by atoms with van der Waals surface area (Å²) in [7, 11) is 0. The number of nitrogens with zero attached hydrogens (tertiary/aromatic N) is 1. The third kappa shape index (κ3) is 5.25. The lowest BCUT2D eigenvalue weighted by molar-refractivity contribution is 0.121. The maximum absolute atomic E-state index is 4.05. The van der Waals surface area contributed by atoms with Crippen LogP contribution in [0, 0.1) is 11.8 Å². The molecular weight excluding hydrogens is 256 g/mol. The van der Waals surface area contributed by atoms with Crippen LogP contribution in [0.5, 0.6) is 0 Å². The number of nitrogens with one attached hydrogen (secondary N) is 1. The molecule has 2 atom stereocenters. The van der Waals surface area contributed by atoms with Crippen molar-refractivity contribution in [3.05, 3.63) is 0 Å². The summed E-state index contributed by atoms with van der Waals surface area (Å²) in [5.41, 5.74) is 0. The molecule has 2 nitrogen and oxygen atoms in total. The van der Waals surface area contributed by atoms with Gasteiger partial charge in [-0.3, -0.25) is 0 Å². The van der Waals surface area contributed by atoms with Crippen LogP contribution in [0.4, 0.5) is 0 Å². The van der Waals surface area contributed by atoms with Gasteiger partial charge in [0.2, 0.25) is 0 Å². The van der Waals surface area contributed by atoms with Crippen molar-refractivity contribution in [2.24, 2.45) is 11.8 Å². The summed E-state index contributed by atoms with van der Waals surface area (Å²) in [5, 5.41) is 4.05. The zero-order valence-electron chi connectivity index (χ0n) is 14.2. The van der Waals surface area contributed by atoms with Crippen molar-refractivity contribution in [1.29, 1.82) is 0 Å². The van der Waals surface area contributed by atoms with Gasteiger partial charge in [0.15, 0.2) is 0 Å². The molecule has 0 amide bonds. The SMILES string of the molecule is CCCCN1CC(CC2CC2)CC(NC2CCCCC2)C1. The average Bonchev–Trinajstić information content (AvgIpc) is 3.30. The maximum atomic E-state index is 4.05. The number of likely N-dealkylation sites (tertiary alicyclic amines) is 1. The highest BCUT2D eigenvalue weighted by Gasteiger charge is 2.32. The number of hydrogen-bond donors (Lipinski definition) is 1. The Morgan fingerprint density at radius 3 is 2.43 bits per heavy atom. The first-order valence-corrected chi connectivity index (χ1v) is 9.82. The molecule has 0 bridgehead atoms. The molecule has 2 heteroatoms. The lowest BCUT2D eigenvalue weighted by atomic mass is 9.88. The van der Waals surface area contributed by atoms with E-state index in [-0.39, 0.29) is 0 Å². The summed E-state index contributed by atoms with van der Waals surface area (Å²) < 4.78 is 0. The first-order valence-electron chi connectivity index (χ1n) is 9.82. The van der Waals surface area contributed by atoms with Gasteiger partial charge < -0.3 is 10.2 Å². The maximum Gasteiger partial charge on any atom is 0.0200 e. The molecule has 0 radical (unpaired) electrons. The minimum absolute atomic E-state index is 0.780. The fraction of sp³-hybridized carbons (Fsp3) is 1.00. The lowest BCUT2D eigenvalue weighted by Gasteiger charge is -2.40. The smallest absolute Gasteiger partial charge is 0.0200 e. The van der Waals surface area contributed by atoms with Crippen LogP contribution in [0.2, 0.25) is 0 Å². The summed E-state index contributed by atoms with van der Waals surface area (Å²) in [5.74, 6) is 2.07. The standard InChI is InChI=1S/C19H36N2/c1-2-3-11-21-14-17(12-16-9-10-16)13-19(15-21)20-18-7-5-4-6-8-18/h16-20H,2-15H2,1H3. The number of hydrogen-bond acceptors (Lipinski definition) is 2. The highest BCUT2D eigenvalue weighted by Crippen LogP contribution is 2.38. The highest BCUT2D eigenvalue weighted by atomic mass is 15.2. The molecule has 0 aromatic rings. The van der Waals surface area contributed by atoms with Crippen LogP contribution in [0.3, 0.4) is 0 Å². The molecule has 1 aliphatic heterocycles. The fourth-order valence-electron chi connectivity index (χ4n) is 4.59. The third-order valence-electron chi connectivity index (χ3n) is 5.88. The summed E-state index contributed by atoms with van der Waals surface area (Å²) in [4.78, 5) is 2.78. The van der Waals surface area contributed by atoms with Crippen LogP contribution >= 0.6 is 0 Å². The van der Waals surface area contributed by atoms with E-state index < -0.39 is 0 Å². The molecule has 1 heterocycles. The molecule has 1 saturated heterocycles. The summed E-state index contributed by atoms with van der Waals surface area (Å²) >= 11 is 0. The summed E-state index contributed by atoms with van der Waals surface area (Å²) in [6, 6.07) is 1.61. The van der Waals surface area contributed by atoms with Crippen LogP contribution in [0.1, 0.15) is 77.6 Å². The Balaban J connectivity index is 1.49. The van der Waals surface area contributed by atoms with Crippen molar-refractivity contribution in [2.75, 3.05) is 19.6 Å². The summed E-state index contributed by atoms with van der Waals surface area (Å²) in [6.45, 7) is 6.36. The quantitative estimate of drug-likeness (QED) is 0.756. The molecule has 2 saturated carbocycles. The second-order valence-electron chi connectivity index (χ2n) is 8.09. The predicted molar refractivity (Wildman–Crippen MR) is 90.6 cm³/mol. The van der Waals surface area contributed by atoms with E-state index in [2.05, 4.69) is 17.1 Å². The molecule has 1 N–H and O–H groups in total. The van der Waals surface area contributed by atoms with Gasteiger partial charge in [0.25, 0.3) is 0 Å². The zero-order chi connectivity index (χ0) is 14.5. The Morgan fingerprint density at radius 2 is 1.71 bits per heavy atom. The molecule has 3 fully saturated rings. The van der Waals surface area contributed by atoms with Crippen molar-refractivity contribution < 1.29 is 0 Å². The highest BCUT2D eigenvalue weighted by molar-refractivity contribution is 4.89. The van der Waals surface area contributed by atoms with Crippen molar-refractivity contribution in [3.63, 3.8) is 0 Å². The number of rotatable bonds is 7. The Bertz CT molecular complexity index is 294. The van der Waals surface area contributed by atoms with Gasteiger partial charge in [-0.15, -0.1) is 0 Å². The van der Waals surface area contributed by atoms with Gasteiger partial charge in [0.1, 0.15) is 0 Å². The van der Waals surface area contributed by atoms with Crippen LogP contribution in [-0.2, 0) is 0 Å². The van der Waals surface area contributed by atoms with Gasteiger partial charge in [0, 0.05) is 25.2 Å². The molecule has 2 aliphatic carbocycles. The van der Waals surface area contributed by atoms with Crippen molar-refractivity contribution in [2.45, 2.75) is 89.6 Å². The number of piperidine rings is 1. The third-order valence-corrected chi connectivity index (χ3v) is 5.88. The Morgan fingerprint density at radius 1 is 0.905 bits per heavy atom. The van der Waals surface area contributed by atoms with Gasteiger partial charge in [-0.25, -0.2) is 0 Å². The van der Waals surface area contributed by atoms with Gasteiger partial charge in [-0.2, -0.15) is 0 Å².